The van der Waals surface area contributed by atoms with Gasteiger partial charge in [-0.25, -0.2) is 4.98 Å². The van der Waals surface area contributed by atoms with Gasteiger partial charge in [-0.1, -0.05) is 0 Å². The molecule has 0 aliphatic heterocycles. The number of oxazole rings is 1. The first-order valence-electron chi connectivity index (χ1n) is 4.61. The number of nitro groups is 1. The Bertz CT molecular complexity index is 521. The van der Waals surface area contributed by atoms with Crippen LogP contribution in [0.3, 0.4) is 0 Å². The number of aliphatic hydroxyl groups excluding tert-OH is 1. The lowest BCUT2D eigenvalue weighted by Crippen LogP contribution is -1.87. The first-order valence-corrected chi connectivity index (χ1v) is 6.24. The molecule has 0 bridgehead atoms. The third-order valence-electron chi connectivity index (χ3n) is 1.90. The van der Waals surface area contributed by atoms with E-state index in [4.69, 9.17) is 4.42 Å². The first kappa shape index (κ1) is 12.1. The molecular formula is C9H8N2O4S2. The number of aliphatic hydroxyl groups is 1. The summed E-state index contributed by atoms with van der Waals surface area (Å²) in [7, 11) is 0. The average molecular weight is 272 g/mol. The highest BCUT2D eigenvalue weighted by molar-refractivity contribution is 8.01. The van der Waals surface area contributed by atoms with E-state index in [0.717, 1.165) is 11.8 Å². The summed E-state index contributed by atoms with van der Waals surface area (Å²) in [5.74, 6) is 0. The number of nitrogens with zero attached hydrogens (tertiary/aromatic N) is 2. The van der Waals surface area contributed by atoms with Gasteiger partial charge in [0.2, 0.25) is 0 Å². The second-order valence-corrected chi connectivity index (χ2v) is 5.46. The van der Waals surface area contributed by atoms with Gasteiger partial charge in [-0.3, -0.25) is 10.1 Å². The predicted molar refractivity (Wildman–Crippen MR) is 62.2 cm³/mol. The van der Waals surface area contributed by atoms with Crippen molar-refractivity contribution in [1.82, 2.24) is 4.98 Å². The number of hydrogen-bond acceptors (Lipinski definition) is 7. The summed E-state index contributed by atoms with van der Waals surface area (Å²) in [5, 5.41) is 20.6. The van der Waals surface area contributed by atoms with Gasteiger partial charge in [-0.15, -0.1) is 11.3 Å². The van der Waals surface area contributed by atoms with Crippen molar-refractivity contribution in [1.29, 1.82) is 0 Å². The molecule has 0 amide bonds. The molecule has 2 heterocycles. The van der Waals surface area contributed by atoms with Crippen LogP contribution in [-0.2, 0) is 0 Å². The van der Waals surface area contributed by atoms with Crippen LogP contribution in [0.4, 0.5) is 5.69 Å². The van der Waals surface area contributed by atoms with Gasteiger partial charge in [-0.2, -0.15) is 0 Å². The van der Waals surface area contributed by atoms with Crippen molar-refractivity contribution in [3.05, 3.63) is 33.5 Å². The maximum absolute atomic E-state index is 10.9. The molecule has 6 nitrogen and oxygen atoms in total. The van der Waals surface area contributed by atoms with E-state index in [1.54, 1.807) is 6.92 Å². The van der Waals surface area contributed by atoms with Crippen LogP contribution in [0.2, 0.25) is 0 Å². The van der Waals surface area contributed by atoms with Crippen LogP contribution in [0.1, 0.15) is 17.9 Å². The fourth-order valence-corrected chi connectivity index (χ4v) is 3.21. The maximum Gasteiger partial charge on any atom is 0.294 e. The second kappa shape index (κ2) is 4.86. The monoisotopic (exact) mass is 272 g/mol. The smallest absolute Gasteiger partial charge is 0.294 e. The molecule has 17 heavy (non-hydrogen) atoms. The quantitative estimate of drug-likeness (QED) is 0.680. The SMILES string of the molecule is CC(O)c1cc([N+](=O)[O-])c(Sc2ncco2)s1. The van der Waals surface area contributed by atoms with E-state index in [9.17, 15) is 15.2 Å². The molecule has 8 heteroatoms. The Morgan fingerprint density at radius 3 is 3.00 bits per heavy atom. The van der Waals surface area contributed by atoms with E-state index < -0.39 is 11.0 Å². The lowest BCUT2D eigenvalue weighted by Gasteiger charge is -1.95. The van der Waals surface area contributed by atoms with Crippen LogP contribution < -0.4 is 0 Å². The summed E-state index contributed by atoms with van der Waals surface area (Å²) < 4.78 is 5.47. The highest BCUT2D eigenvalue weighted by atomic mass is 32.2. The van der Waals surface area contributed by atoms with Gasteiger partial charge in [0.05, 0.1) is 17.2 Å². The molecule has 1 atom stereocenters. The van der Waals surface area contributed by atoms with Crippen molar-refractivity contribution in [2.75, 3.05) is 0 Å². The first-order chi connectivity index (χ1) is 8.08. The van der Waals surface area contributed by atoms with Crippen LogP contribution in [0, 0.1) is 10.1 Å². The number of rotatable bonds is 4. The standard InChI is InChI=1S/C9H8N2O4S2/c1-5(12)7-4-6(11(13)14)8(16-7)17-9-10-2-3-15-9/h2-5,12H,1H3. The Morgan fingerprint density at radius 2 is 2.47 bits per heavy atom. The molecule has 0 aromatic carbocycles. The Kier molecular flexibility index (Phi) is 3.46. The highest BCUT2D eigenvalue weighted by Crippen LogP contribution is 2.42. The normalized spacial score (nSPS) is 12.6. The van der Waals surface area contributed by atoms with E-state index in [1.807, 2.05) is 0 Å². The molecule has 2 aromatic rings. The van der Waals surface area contributed by atoms with Crippen molar-refractivity contribution in [2.24, 2.45) is 0 Å². The van der Waals surface area contributed by atoms with Crippen LogP contribution in [0.5, 0.6) is 0 Å². The van der Waals surface area contributed by atoms with Crippen molar-refractivity contribution < 1.29 is 14.4 Å². The minimum absolute atomic E-state index is 0.0332. The van der Waals surface area contributed by atoms with Gasteiger partial charge in [0, 0.05) is 10.9 Å². The van der Waals surface area contributed by atoms with Crippen LogP contribution in [0.25, 0.3) is 0 Å². The molecule has 1 N–H and O–H groups in total. The number of thiophene rings is 1. The van der Waals surface area contributed by atoms with Crippen molar-refractivity contribution >= 4 is 28.8 Å². The zero-order valence-electron chi connectivity index (χ0n) is 8.69. The third-order valence-corrected chi connectivity index (χ3v) is 4.26. The highest BCUT2D eigenvalue weighted by Gasteiger charge is 2.22. The summed E-state index contributed by atoms with van der Waals surface area (Å²) in [6.45, 7) is 1.56. The molecule has 0 aliphatic rings. The van der Waals surface area contributed by atoms with Gasteiger partial charge in [0.25, 0.3) is 10.9 Å². The molecule has 1 unspecified atom stereocenters. The summed E-state index contributed by atoms with van der Waals surface area (Å²) in [4.78, 5) is 14.8. The number of hydrogen-bond donors (Lipinski definition) is 1. The minimum Gasteiger partial charge on any atom is -0.440 e. The fraction of sp³-hybridized carbons (Fsp3) is 0.222. The lowest BCUT2D eigenvalue weighted by molar-refractivity contribution is -0.387. The second-order valence-electron chi connectivity index (χ2n) is 3.15. The summed E-state index contributed by atoms with van der Waals surface area (Å²) >= 11 is 2.24. The fourth-order valence-electron chi connectivity index (χ4n) is 1.13. The molecule has 2 aromatic heterocycles. The van der Waals surface area contributed by atoms with Crippen molar-refractivity contribution in [3.63, 3.8) is 0 Å². The van der Waals surface area contributed by atoms with E-state index in [2.05, 4.69) is 4.98 Å². The zero-order chi connectivity index (χ0) is 12.4. The summed E-state index contributed by atoms with van der Waals surface area (Å²) in [6, 6.07) is 1.38. The van der Waals surface area contributed by atoms with Crippen molar-refractivity contribution in [3.8, 4) is 0 Å². The summed E-state index contributed by atoms with van der Waals surface area (Å²) in [5.41, 5.74) is -0.0332. The molecule has 0 saturated heterocycles. The van der Waals surface area contributed by atoms with Gasteiger partial charge in [0.15, 0.2) is 0 Å². The molecule has 0 spiro atoms. The van der Waals surface area contributed by atoms with E-state index in [0.29, 0.717) is 14.3 Å². The van der Waals surface area contributed by atoms with E-state index in [1.165, 1.54) is 29.9 Å². The molecular weight excluding hydrogens is 264 g/mol. The zero-order valence-corrected chi connectivity index (χ0v) is 10.3. The number of aromatic nitrogens is 1. The molecule has 90 valence electrons. The van der Waals surface area contributed by atoms with Gasteiger partial charge in [-0.05, 0) is 18.7 Å². The Labute approximate surface area is 104 Å². The van der Waals surface area contributed by atoms with Gasteiger partial charge in [0.1, 0.15) is 10.5 Å². The van der Waals surface area contributed by atoms with E-state index in [-0.39, 0.29) is 5.69 Å². The molecule has 2 rings (SSSR count). The Balaban J connectivity index is 2.34. The van der Waals surface area contributed by atoms with Gasteiger partial charge >= 0.3 is 0 Å². The Morgan fingerprint density at radius 1 is 1.71 bits per heavy atom. The maximum atomic E-state index is 10.9. The largest absolute Gasteiger partial charge is 0.440 e. The van der Waals surface area contributed by atoms with Crippen LogP contribution >= 0.6 is 23.1 Å². The molecule has 0 radical (unpaired) electrons. The molecule has 0 aliphatic carbocycles. The Hall–Kier alpha value is -1.38. The third kappa shape index (κ3) is 2.65. The van der Waals surface area contributed by atoms with Crippen LogP contribution in [-0.4, -0.2) is 15.0 Å². The topological polar surface area (TPSA) is 89.4 Å². The minimum atomic E-state index is -0.724. The van der Waals surface area contributed by atoms with E-state index >= 15 is 0 Å². The lowest BCUT2D eigenvalue weighted by atomic mass is 10.3. The van der Waals surface area contributed by atoms with Gasteiger partial charge < -0.3 is 9.52 Å². The predicted octanol–water partition coefficient (Wildman–Crippen LogP) is 2.85. The molecule has 0 saturated carbocycles. The summed E-state index contributed by atoms with van der Waals surface area (Å²) in [6.07, 6.45) is 2.15. The van der Waals surface area contributed by atoms with Crippen molar-refractivity contribution in [2.45, 2.75) is 22.5 Å². The van der Waals surface area contributed by atoms with Crippen LogP contribution in [0.15, 0.2) is 32.4 Å². The average Bonchev–Trinajstić information content (AvgIpc) is 2.87. The molecule has 0 fully saturated rings.